The highest BCUT2D eigenvalue weighted by atomic mass is 32.2. The molecule has 7 heteroatoms. The first kappa shape index (κ1) is 16.0. The maximum absolute atomic E-state index is 12.7. The van der Waals surface area contributed by atoms with Crippen LogP contribution in [0.3, 0.4) is 0 Å². The van der Waals surface area contributed by atoms with Crippen LogP contribution >= 0.6 is 11.8 Å². The number of amides is 1. The second-order valence-corrected chi connectivity index (χ2v) is 6.69. The van der Waals surface area contributed by atoms with Gasteiger partial charge in [-0.3, -0.25) is 4.79 Å². The second-order valence-electron chi connectivity index (χ2n) is 5.52. The van der Waals surface area contributed by atoms with Gasteiger partial charge >= 0.3 is 0 Å². The summed E-state index contributed by atoms with van der Waals surface area (Å²) in [6.07, 6.45) is 2.49. The van der Waals surface area contributed by atoms with Crippen molar-refractivity contribution in [3.8, 4) is 0 Å². The molecule has 2 heterocycles. The van der Waals surface area contributed by atoms with Gasteiger partial charge in [-0.05, 0) is 25.5 Å². The number of rotatable bonds is 6. The van der Waals surface area contributed by atoms with Crippen LogP contribution in [0.2, 0.25) is 0 Å². The summed E-state index contributed by atoms with van der Waals surface area (Å²) in [7, 11) is 1.66. The number of hydrogen-bond acceptors (Lipinski definition) is 5. The first-order chi connectivity index (χ1) is 11.2. The molecule has 1 aliphatic heterocycles. The molecular weight excluding hydrogens is 312 g/mol. The lowest BCUT2D eigenvalue weighted by Gasteiger charge is -2.17. The third-order valence-corrected chi connectivity index (χ3v) is 5.11. The van der Waals surface area contributed by atoms with Gasteiger partial charge in [-0.1, -0.05) is 29.5 Å². The zero-order valence-electron chi connectivity index (χ0n) is 13.3. The van der Waals surface area contributed by atoms with Crippen molar-refractivity contribution < 1.29 is 9.53 Å². The Balaban J connectivity index is 1.67. The van der Waals surface area contributed by atoms with Gasteiger partial charge in [0.25, 0.3) is 0 Å². The predicted octanol–water partition coefficient (Wildman–Crippen LogP) is 2.13. The highest BCUT2D eigenvalue weighted by Gasteiger charge is 2.34. The van der Waals surface area contributed by atoms with Crippen molar-refractivity contribution in [2.45, 2.75) is 30.3 Å². The summed E-state index contributed by atoms with van der Waals surface area (Å²) in [6.45, 7) is 4.07. The Bertz CT molecular complexity index is 671. The Hall–Kier alpha value is -1.86. The molecule has 0 saturated carbocycles. The number of nitrogens with zero attached hydrogens (tertiary/aromatic N) is 4. The van der Waals surface area contributed by atoms with E-state index < -0.39 is 0 Å². The molecule has 1 aliphatic rings. The monoisotopic (exact) mass is 332 g/mol. The summed E-state index contributed by atoms with van der Waals surface area (Å²) in [4.78, 5) is 14.5. The van der Waals surface area contributed by atoms with E-state index in [0.29, 0.717) is 13.2 Å². The van der Waals surface area contributed by atoms with Crippen LogP contribution in [0, 0.1) is 6.92 Å². The molecule has 1 amide bonds. The smallest absolute Gasteiger partial charge is 0.240 e. The molecule has 23 heavy (non-hydrogen) atoms. The first-order valence-corrected chi connectivity index (χ1v) is 8.48. The number of benzene rings is 1. The molecule has 0 aliphatic carbocycles. The minimum absolute atomic E-state index is 0.109. The summed E-state index contributed by atoms with van der Waals surface area (Å²) >= 11 is 1.49. The molecule has 1 atom stereocenters. The summed E-state index contributed by atoms with van der Waals surface area (Å²) < 4.78 is 7.01. The summed E-state index contributed by atoms with van der Waals surface area (Å²) in [5.74, 6) is 0.139. The highest BCUT2D eigenvalue weighted by Crippen LogP contribution is 2.32. The Morgan fingerprint density at radius 3 is 2.87 bits per heavy atom. The van der Waals surface area contributed by atoms with Crippen LogP contribution in [0.5, 0.6) is 0 Å². The first-order valence-electron chi connectivity index (χ1n) is 7.60. The molecule has 0 spiro atoms. The molecule has 122 valence electrons. The molecule has 0 N–H and O–H groups in total. The van der Waals surface area contributed by atoms with E-state index in [1.54, 1.807) is 13.4 Å². The standard InChI is InChI=1S/C16H20N4O2S/c1-12-3-5-13(6-4-12)20-8-7-14(15(20)21)23-16-18-17-11-19(16)9-10-22-2/h3-6,11,14H,7-10H2,1-2H3/t14-/m1/s1. The van der Waals surface area contributed by atoms with Gasteiger partial charge in [0.1, 0.15) is 6.33 Å². The fourth-order valence-corrected chi connectivity index (χ4v) is 3.62. The van der Waals surface area contributed by atoms with E-state index in [-0.39, 0.29) is 11.2 Å². The lowest BCUT2D eigenvalue weighted by atomic mass is 10.2. The lowest BCUT2D eigenvalue weighted by molar-refractivity contribution is -0.116. The fourth-order valence-electron chi connectivity index (χ4n) is 2.55. The zero-order chi connectivity index (χ0) is 16.2. The number of aryl methyl sites for hydroxylation is 1. The van der Waals surface area contributed by atoms with Gasteiger partial charge < -0.3 is 14.2 Å². The molecule has 1 aromatic carbocycles. The number of ether oxygens (including phenoxy) is 1. The van der Waals surface area contributed by atoms with E-state index in [4.69, 9.17) is 4.74 Å². The second kappa shape index (κ2) is 7.14. The van der Waals surface area contributed by atoms with Crippen molar-refractivity contribution in [1.29, 1.82) is 0 Å². The molecule has 0 bridgehead atoms. The zero-order valence-corrected chi connectivity index (χ0v) is 14.1. The third kappa shape index (κ3) is 3.56. The largest absolute Gasteiger partial charge is 0.383 e. The number of anilines is 1. The Morgan fingerprint density at radius 1 is 1.35 bits per heavy atom. The molecule has 3 rings (SSSR count). The van der Waals surface area contributed by atoms with Gasteiger partial charge in [-0.25, -0.2) is 0 Å². The summed E-state index contributed by atoms with van der Waals surface area (Å²) in [5, 5.41) is 8.73. The molecule has 1 fully saturated rings. The quantitative estimate of drug-likeness (QED) is 0.811. The van der Waals surface area contributed by atoms with E-state index >= 15 is 0 Å². The van der Waals surface area contributed by atoms with Crippen LogP contribution < -0.4 is 4.90 Å². The van der Waals surface area contributed by atoms with Crippen molar-refractivity contribution in [3.63, 3.8) is 0 Å². The average molecular weight is 332 g/mol. The molecular formula is C16H20N4O2S. The molecule has 0 radical (unpaired) electrons. The fraction of sp³-hybridized carbons (Fsp3) is 0.438. The minimum Gasteiger partial charge on any atom is -0.383 e. The molecule has 2 aromatic rings. The number of carbonyl (C=O) groups is 1. The number of methoxy groups -OCH3 is 1. The van der Waals surface area contributed by atoms with Gasteiger partial charge in [0, 0.05) is 25.9 Å². The SMILES string of the molecule is COCCn1cnnc1S[C@@H]1CCN(c2ccc(C)cc2)C1=O. The van der Waals surface area contributed by atoms with E-state index in [0.717, 1.165) is 23.8 Å². The number of aromatic nitrogens is 3. The van der Waals surface area contributed by atoms with E-state index in [9.17, 15) is 4.79 Å². The van der Waals surface area contributed by atoms with Crippen LogP contribution in [0.4, 0.5) is 5.69 Å². The van der Waals surface area contributed by atoms with E-state index in [1.165, 1.54) is 17.3 Å². The Morgan fingerprint density at radius 2 is 2.13 bits per heavy atom. The van der Waals surface area contributed by atoms with Crippen molar-refractivity contribution in [2.75, 3.05) is 25.2 Å². The topological polar surface area (TPSA) is 60.2 Å². The molecule has 1 aromatic heterocycles. The predicted molar refractivity (Wildman–Crippen MR) is 89.7 cm³/mol. The lowest BCUT2D eigenvalue weighted by Crippen LogP contribution is -2.28. The van der Waals surface area contributed by atoms with Crippen molar-refractivity contribution >= 4 is 23.4 Å². The van der Waals surface area contributed by atoms with Crippen LogP contribution in [-0.4, -0.2) is 46.2 Å². The van der Waals surface area contributed by atoms with Crippen LogP contribution in [0.25, 0.3) is 0 Å². The molecule has 0 unspecified atom stereocenters. The maximum Gasteiger partial charge on any atom is 0.240 e. The van der Waals surface area contributed by atoms with Crippen LogP contribution in [-0.2, 0) is 16.1 Å². The number of carbonyl (C=O) groups excluding carboxylic acids is 1. The van der Waals surface area contributed by atoms with Crippen molar-refractivity contribution in [1.82, 2.24) is 14.8 Å². The third-order valence-electron chi connectivity index (χ3n) is 3.87. The van der Waals surface area contributed by atoms with Crippen molar-refractivity contribution in [3.05, 3.63) is 36.2 Å². The number of hydrogen-bond donors (Lipinski definition) is 0. The molecule has 1 saturated heterocycles. The normalized spacial score (nSPS) is 17.9. The maximum atomic E-state index is 12.7. The van der Waals surface area contributed by atoms with E-state index in [1.807, 2.05) is 40.7 Å². The number of thioether (sulfide) groups is 1. The summed E-state index contributed by atoms with van der Waals surface area (Å²) in [5.41, 5.74) is 2.15. The Kier molecular flexibility index (Phi) is 4.97. The van der Waals surface area contributed by atoms with E-state index in [2.05, 4.69) is 10.2 Å². The molecule has 6 nitrogen and oxygen atoms in total. The van der Waals surface area contributed by atoms with Crippen LogP contribution in [0.1, 0.15) is 12.0 Å². The van der Waals surface area contributed by atoms with Crippen molar-refractivity contribution in [2.24, 2.45) is 0 Å². The van der Waals surface area contributed by atoms with Gasteiger partial charge in [-0.15, -0.1) is 10.2 Å². The highest BCUT2D eigenvalue weighted by molar-refractivity contribution is 8.00. The van der Waals surface area contributed by atoms with Crippen LogP contribution in [0.15, 0.2) is 35.7 Å². The minimum atomic E-state index is -0.109. The van der Waals surface area contributed by atoms with Gasteiger partial charge in [0.15, 0.2) is 5.16 Å². The van der Waals surface area contributed by atoms with Gasteiger partial charge in [0.05, 0.1) is 11.9 Å². The Labute approximate surface area is 139 Å². The van der Waals surface area contributed by atoms with Gasteiger partial charge in [-0.2, -0.15) is 0 Å². The van der Waals surface area contributed by atoms with Gasteiger partial charge in [0.2, 0.25) is 5.91 Å². The summed E-state index contributed by atoms with van der Waals surface area (Å²) in [6, 6.07) is 8.07. The average Bonchev–Trinajstić information content (AvgIpc) is 3.14.